The van der Waals surface area contributed by atoms with E-state index >= 15 is 0 Å². The summed E-state index contributed by atoms with van der Waals surface area (Å²) in [5, 5.41) is 3.51. The molecule has 5 heteroatoms. The average molecular weight is 250 g/mol. The molecule has 0 radical (unpaired) electrons. The fourth-order valence-electron chi connectivity index (χ4n) is 2.08. The maximum absolute atomic E-state index is 11.9. The SMILES string of the molecule is CCC(C)C1CN(CCOCC(F)F)CCN1. The lowest BCUT2D eigenvalue weighted by atomic mass is 9.97. The molecule has 0 aromatic carbocycles. The van der Waals surface area contributed by atoms with Crippen molar-refractivity contribution in [3.63, 3.8) is 0 Å². The highest BCUT2D eigenvalue weighted by Gasteiger charge is 2.22. The third-order valence-electron chi connectivity index (χ3n) is 3.42. The lowest BCUT2D eigenvalue weighted by Crippen LogP contribution is -2.53. The van der Waals surface area contributed by atoms with Crippen LogP contribution in [0.1, 0.15) is 20.3 Å². The Labute approximate surface area is 103 Å². The smallest absolute Gasteiger partial charge is 0.261 e. The second kappa shape index (κ2) is 7.95. The van der Waals surface area contributed by atoms with Crippen LogP contribution in [0, 0.1) is 5.92 Å². The molecule has 1 fully saturated rings. The Morgan fingerprint density at radius 2 is 2.24 bits per heavy atom. The van der Waals surface area contributed by atoms with Crippen LogP contribution in [0.15, 0.2) is 0 Å². The summed E-state index contributed by atoms with van der Waals surface area (Å²) in [6.07, 6.45) is -1.20. The van der Waals surface area contributed by atoms with Gasteiger partial charge in [-0.15, -0.1) is 0 Å². The second-order valence-corrected chi connectivity index (χ2v) is 4.71. The van der Waals surface area contributed by atoms with Crippen molar-refractivity contribution < 1.29 is 13.5 Å². The van der Waals surface area contributed by atoms with E-state index in [-0.39, 0.29) is 0 Å². The Balaban J connectivity index is 2.16. The van der Waals surface area contributed by atoms with Gasteiger partial charge in [-0.2, -0.15) is 0 Å². The normalized spacial score (nSPS) is 24.2. The minimum absolute atomic E-state index is 0.400. The molecule has 102 valence electrons. The summed E-state index contributed by atoms with van der Waals surface area (Å²) in [5.41, 5.74) is 0. The van der Waals surface area contributed by atoms with E-state index in [0.717, 1.165) is 32.6 Å². The molecule has 17 heavy (non-hydrogen) atoms. The summed E-state index contributed by atoms with van der Waals surface area (Å²) in [5.74, 6) is 0.653. The van der Waals surface area contributed by atoms with Crippen molar-refractivity contribution in [1.29, 1.82) is 0 Å². The minimum Gasteiger partial charge on any atom is -0.374 e. The first-order chi connectivity index (χ1) is 8.13. The molecule has 0 aromatic heterocycles. The van der Waals surface area contributed by atoms with Gasteiger partial charge >= 0.3 is 0 Å². The number of halogens is 2. The summed E-state index contributed by atoms with van der Waals surface area (Å²) in [7, 11) is 0. The van der Waals surface area contributed by atoms with Gasteiger partial charge in [0.1, 0.15) is 6.61 Å². The first kappa shape index (κ1) is 14.8. The Morgan fingerprint density at radius 1 is 1.47 bits per heavy atom. The topological polar surface area (TPSA) is 24.5 Å². The second-order valence-electron chi connectivity index (χ2n) is 4.71. The highest BCUT2D eigenvalue weighted by atomic mass is 19.3. The van der Waals surface area contributed by atoms with E-state index in [1.54, 1.807) is 0 Å². The molecule has 1 saturated heterocycles. The van der Waals surface area contributed by atoms with Gasteiger partial charge in [-0.1, -0.05) is 20.3 Å². The average Bonchev–Trinajstić information content (AvgIpc) is 2.34. The van der Waals surface area contributed by atoms with Crippen LogP contribution >= 0.6 is 0 Å². The molecule has 0 aromatic rings. The van der Waals surface area contributed by atoms with Crippen LogP contribution in [0.3, 0.4) is 0 Å². The molecule has 3 nitrogen and oxygen atoms in total. The fourth-order valence-corrected chi connectivity index (χ4v) is 2.08. The standard InChI is InChI=1S/C12H24F2N2O/c1-3-10(2)11-8-16(5-4-15-11)6-7-17-9-12(13)14/h10-12,15H,3-9H2,1-2H3. The molecule has 1 aliphatic rings. The van der Waals surface area contributed by atoms with Crippen LogP contribution < -0.4 is 5.32 Å². The van der Waals surface area contributed by atoms with E-state index in [0.29, 0.717) is 18.6 Å². The Hall–Kier alpha value is -0.260. The van der Waals surface area contributed by atoms with Crippen LogP contribution in [0.25, 0.3) is 0 Å². The van der Waals surface area contributed by atoms with E-state index in [1.807, 2.05) is 0 Å². The van der Waals surface area contributed by atoms with Gasteiger partial charge < -0.3 is 10.1 Å². The van der Waals surface area contributed by atoms with E-state index < -0.39 is 13.0 Å². The zero-order valence-corrected chi connectivity index (χ0v) is 10.8. The molecule has 0 saturated carbocycles. The van der Waals surface area contributed by atoms with Crippen LogP contribution in [0.4, 0.5) is 8.78 Å². The summed E-state index contributed by atoms with van der Waals surface area (Å²) in [6.45, 7) is 8.09. The van der Waals surface area contributed by atoms with Gasteiger partial charge in [-0.3, -0.25) is 4.90 Å². The number of hydrogen-bond donors (Lipinski definition) is 1. The maximum atomic E-state index is 11.9. The monoisotopic (exact) mass is 250 g/mol. The molecule has 0 aliphatic carbocycles. The first-order valence-corrected chi connectivity index (χ1v) is 6.45. The van der Waals surface area contributed by atoms with Crippen molar-refractivity contribution in [2.24, 2.45) is 5.92 Å². The predicted molar refractivity (Wildman–Crippen MR) is 64.5 cm³/mol. The molecule has 1 heterocycles. The van der Waals surface area contributed by atoms with Crippen molar-refractivity contribution in [3.05, 3.63) is 0 Å². The van der Waals surface area contributed by atoms with Crippen LogP contribution in [0.2, 0.25) is 0 Å². The van der Waals surface area contributed by atoms with Crippen molar-refractivity contribution >= 4 is 0 Å². The third kappa shape index (κ3) is 5.75. The van der Waals surface area contributed by atoms with Crippen LogP contribution in [0.5, 0.6) is 0 Å². The van der Waals surface area contributed by atoms with Gasteiger partial charge in [0.15, 0.2) is 0 Å². The Kier molecular flexibility index (Phi) is 6.92. The summed E-state index contributed by atoms with van der Waals surface area (Å²) in [4.78, 5) is 2.29. The van der Waals surface area contributed by atoms with E-state index in [1.165, 1.54) is 0 Å². The Morgan fingerprint density at radius 3 is 2.88 bits per heavy atom. The number of rotatable bonds is 7. The highest BCUT2D eigenvalue weighted by molar-refractivity contribution is 4.81. The van der Waals surface area contributed by atoms with Crippen molar-refractivity contribution in [2.45, 2.75) is 32.7 Å². The lowest BCUT2D eigenvalue weighted by molar-refractivity contribution is 0.00663. The number of hydrogen-bond acceptors (Lipinski definition) is 3. The van der Waals surface area contributed by atoms with Gasteiger partial charge in [0.25, 0.3) is 6.43 Å². The van der Waals surface area contributed by atoms with Gasteiger partial charge in [0.05, 0.1) is 6.61 Å². The lowest BCUT2D eigenvalue weighted by Gasteiger charge is -2.36. The Bertz CT molecular complexity index is 205. The number of piperazine rings is 1. The van der Waals surface area contributed by atoms with Gasteiger partial charge in [0.2, 0.25) is 0 Å². The summed E-state index contributed by atoms with van der Waals surface area (Å²) < 4.78 is 28.6. The third-order valence-corrected chi connectivity index (χ3v) is 3.42. The van der Waals surface area contributed by atoms with Crippen molar-refractivity contribution in [3.8, 4) is 0 Å². The molecule has 0 bridgehead atoms. The van der Waals surface area contributed by atoms with E-state index in [9.17, 15) is 8.78 Å². The van der Waals surface area contributed by atoms with Crippen LogP contribution in [-0.4, -0.2) is 56.8 Å². The maximum Gasteiger partial charge on any atom is 0.261 e. The quantitative estimate of drug-likeness (QED) is 0.694. The number of nitrogens with one attached hydrogen (secondary N) is 1. The van der Waals surface area contributed by atoms with Crippen molar-refractivity contribution in [2.75, 3.05) is 39.4 Å². The van der Waals surface area contributed by atoms with E-state index in [2.05, 4.69) is 24.1 Å². The number of ether oxygens (including phenoxy) is 1. The van der Waals surface area contributed by atoms with Crippen molar-refractivity contribution in [1.82, 2.24) is 10.2 Å². The van der Waals surface area contributed by atoms with Gasteiger partial charge in [0, 0.05) is 32.2 Å². The van der Waals surface area contributed by atoms with Gasteiger partial charge in [-0.25, -0.2) is 8.78 Å². The first-order valence-electron chi connectivity index (χ1n) is 6.45. The molecule has 1 N–H and O–H groups in total. The number of alkyl halides is 2. The van der Waals surface area contributed by atoms with Gasteiger partial charge in [-0.05, 0) is 5.92 Å². The molecular weight excluding hydrogens is 226 g/mol. The predicted octanol–water partition coefficient (Wildman–Crippen LogP) is 1.59. The molecule has 0 spiro atoms. The zero-order chi connectivity index (χ0) is 12.7. The molecular formula is C12H24F2N2O. The molecule has 2 unspecified atom stereocenters. The summed E-state index contributed by atoms with van der Waals surface area (Å²) in [6, 6.07) is 0.517. The molecule has 1 aliphatic heterocycles. The molecule has 2 atom stereocenters. The number of nitrogens with zero attached hydrogens (tertiary/aromatic N) is 1. The fraction of sp³-hybridized carbons (Fsp3) is 1.00. The summed E-state index contributed by atoms with van der Waals surface area (Å²) >= 11 is 0. The van der Waals surface area contributed by atoms with E-state index in [4.69, 9.17) is 4.74 Å². The van der Waals surface area contributed by atoms with Crippen LogP contribution in [-0.2, 0) is 4.74 Å². The zero-order valence-electron chi connectivity index (χ0n) is 10.8. The largest absolute Gasteiger partial charge is 0.374 e. The highest BCUT2D eigenvalue weighted by Crippen LogP contribution is 2.11. The molecule has 0 amide bonds. The minimum atomic E-state index is -2.36. The molecule has 1 rings (SSSR count).